The van der Waals surface area contributed by atoms with Crippen molar-refractivity contribution in [1.29, 1.82) is 5.26 Å². The maximum absolute atomic E-state index is 9.26. The van der Waals surface area contributed by atoms with Crippen LogP contribution in [0.4, 0.5) is 0 Å². The lowest BCUT2D eigenvalue weighted by Crippen LogP contribution is -2.05. The zero-order chi connectivity index (χ0) is 13.7. The molecular formula is C15H13BrN2S. The molecule has 0 fully saturated rings. The van der Waals surface area contributed by atoms with Gasteiger partial charge in [0.25, 0.3) is 0 Å². The van der Waals surface area contributed by atoms with Crippen LogP contribution < -0.4 is 5.32 Å². The summed E-state index contributed by atoms with van der Waals surface area (Å²) < 4.78 is 1.04. The lowest BCUT2D eigenvalue weighted by atomic mass is 10.1. The predicted molar refractivity (Wildman–Crippen MR) is 82.2 cm³/mol. The van der Waals surface area contributed by atoms with Crippen LogP contribution in [0.3, 0.4) is 0 Å². The summed E-state index contributed by atoms with van der Waals surface area (Å²) in [6.45, 7) is 0.772. The van der Waals surface area contributed by atoms with E-state index < -0.39 is 0 Å². The average molecular weight is 333 g/mol. The third-order valence-electron chi connectivity index (χ3n) is 2.60. The topological polar surface area (TPSA) is 35.8 Å². The van der Waals surface area contributed by atoms with Gasteiger partial charge >= 0.3 is 0 Å². The Morgan fingerprint density at radius 3 is 2.68 bits per heavy atom. The Morgan fingerprint density at radius 1 is 1.21 bits per heavy atom. The molecule has 2 nitrogen and oxygen atoms in total. The number of nitrogens with one attached hydrogen (secondary N) is 1. The summed E-state index contributed by atoms with van der Waals surface area (Å²) in [5.74, 6) is 0. The lowest BCUT2D eigenvalue weighted by molar-refractivity contribution is 0.816. The molecule has 0 saturated heterocycles. The van der Waals surface area contributed by atoms with Crippen LogP contribution >= 0.6 is 27.7 Å². The standard InChI is InChI=1S/C15H13BrN2S/c1-18-10-11-6-7-14(12(8-11)9-17)19-15-5-3-2-4-13(15)16/h2-8,18H,10H2,1H3. The van der Waals surface area contributed by atoms with Gasteiger partial charge in [-0.3, -0.25) is 0 Å². The first kappa shape index (κ1) is 14.1. The summed E-state index contributed by atoms with van der Waals surface area (Å²) in [6, 6.07) is 16.3. The number of hydrogen-bond acceptors (Lipinski definition) is 3. The number of halogens is 1. The van der Waals surface area contributed by atoms with E-state index in [0.29, 0.717) is 5.56 Å². The van der Waals surface area contributed by atoms with E-state index in [1.165, 1.54) is 0 Å². The molecule has 0 aliphatic rings. The fraction of sp³-hybridized carbons (Fsp3) is 0.133. The average Bonchev–Trinajstić information content (AvgIpc) is 2.43. The van der Waals surface area contributed by atoms with Gasteiger partial charge in [-0.15, -0.1) is 0 Å². The summed E-state index contributed by atoms with van der Waals surface area (Å²) >= 11 is 5.13. The van der Waals surface area contributed by atoms with E-state index in [9.17, 15) is 5.26 Å². The smallest absolute Gasteiger partial charge is 0.100 e. The van der Waals surface area contributed by atoms with E-state index >= 15 is 0 Å². The van der Waals surface area contributed by atoms with Gasteiger partial charge in [-0.05, 0) is 52.8 Å². The van der Waals surface area contributed by atoms with Gasteiger partial charge in [-0.1, -0.05) is 30.0 Å². The van der Waals surface area contributed by atoms with Crippen LogP contribution in [0.1, 0.15) is 11.1 Å². The molecule has 0 atom stereocenters. The number of hydrogen-bond donors (Lipinski definition) is 1. The van der Waals surface area contributed by atoms with E-state index in [1.54, 1.807) is 11.8 Å². The minimum atomic E-state index is 0.716. The fourth-order valence-electron chi connectivity index (χ4n) is 1.71. The van der Waals surface area contributed by atoms with E-state index in [2.05, 4.69) is 33.4 Å². The molecule has 1 N–H and O–H groups in total. The van der Waals surface area contributed by atoms with Crippen LogP contribution in [-0.2, 0) is 6.54 Å². The summed E-state index contributed by atoms with van der Waals surface area (Å²) in [5.41, 5.74) is 1.84. The molecule has 19 heavy (non-hydrogen) atoms. The molecule has 2 aromatic rings. The number of benzene rings is 2. The quantitative estimate of drug-likeness (QED) is 0.911. The minimum absolute atomic E-state index is 0.716. The third-order valence-corrected chi connectivity index (χ3v) is 4.71. The van der Waals surface area contributed by atoms with Gasteiger partial charge in [0.05, 0.1) is 5.56 Å². The van der Waals surface area contributed by atoms with Crippen molar-refractivity contribution in [3.63, 3.8) is 0 Å². The molecule has 0 spiro atoms. The summed E-state index contributed by atoms with van der Waals surface area (Å²) in [6.07, 6.45) is 0. The van der Waals surface area contributed by atoms with Gasteiger partial charge in [0.2, 0.25) is 0 Å². The van der Waals surface area contributed by atoms with Crippen LogP contribution in [0.15, 0.2) is 56.7 Å². The van der Waals surface area contributed by atoms with Gasteiger partial charge in [-0.25, -0.2) is 0 Å². The fourth-order valence-corrected chi connectivity index (χ4v) is 3.14. The van der Waals surface area contributed by atoms with Crippen molar-refractivity contribution < 1.29 is 0 Å². The molecule has 0 aromatic heterocycles. The molecule has 0 aliphatic carbocycles. The minimum Gasteiger partial charge on any atom is -0.316 e. The Kier molecular flexibility index (Phi) is 5.03. The summed E-state index contributed by atoms with van der Waals surface area (Å²) in [4.78, 5) is 2.09. The Balaban J connectivity index is 2.31. The van der Waals surface area contributed by atoms with Crippen molar-refractivity contribution in [2.24, 2.45) is 0 Å². The molecule has 4 heteroatoms. The largest absolute Gasteiger partial charge is 0.316 e. The van der Waals surface area contributed by atoms with Crippen LogP contribution in [0.25, 0.3) is 0 Å². The first-order valence-corrected chi connectivity index (χ1v) is 7.45. The molecule has 0 unspecified atom stereocenters. The highest BCUT2D eigenvalue weighted by Crippen LogP contribution is 2.35. The number of rotatable bonds is 4. The number of nitriles is 1. The van der Waals surface area contributed by atoms with Crippen molar-refractivity contribution in [1.82, 2.24) is 5.32 Å². The monoisotopic (exact) mass is 332 g/mol. The lowest BCUT2D eigenvalue weighted by Gasteiger charge is -2.08. The summed E-state index contributed by atoms with van der Waals surface area (Å²) in [5, 5.41) is 12.4. The van der Waals surface area contributed by atoms with E-state index in [1.807, 2.05) is 43.4 Å². The SMILES string of the molecule is CNCc1ccc(Sc2ccccc2Br)c(C#N)c1. The second-order valence-electron chi connectivity index (χ2n) is 4.01. The second-order valence-corrected chi connectivity index (χ2v) is 5.94. The van der Waals surface area contributed by atoms with Crippen molar-refractivity contribution >= 4 is 27.7 Å². The first-order valence-electron chi connectivity index (χ1n) is 5.84. The highest BCUT2D eigenvalue weighted by molar-refractivity contribution is 9.10. The van der Waals surface area contributed by atoms with Crippen molar-refractivity contribution in [3.8, 4) is 6.07 Å². The van der Waals surface area contributed by atoms with E-state index in [0.717, 1.165) is 26.4 Å². The van der Waals surface area contributed by atoms with Gasteiger partial charge in [0, 0.05) is 20.8 Å². The number of nitrogens with zero attached hydrogens (tertiary/aromatic N) is 1. The first-order chi connectivity index (χ1) is 9.24. The predicted octanol–water partition coefficient (Wildman–Crippen LogP) is 4.19. The molecule has 96 valence electrons. The van der Waals surface area contributed by atoms with Crippen molar-refractivity contribution in [3.05, 3.63) is 58.1 Å². The Morgan fingerprint density at radius 2 is 2.00 bits per heavy atom. The maximum atomic E-state index is 9.26. The van der Waals surface area contributed by atoms with Crippen molar-refractivity contribution in [2.75, 3.05) is 7.05 Å². The van der Waals surface area contributed by atoms with Crippen LogP contribution in [-0.4, -0.2) is 7.05 Å². The van der Waals surface area contributed by atoms with Gasteiger partial charge in [0.1, 0.15) is 6.07 Å². The molecule has 0 radical (unpaired) electrons. The highest BCUT2D eigenvalue weighted by Gasteiger charge is 2.07. The maximum Gasteiger partial charge on any atom is 0.100 e. The normalized spacial score (nSPS) is 10.2. The van der Waals surface area contributed by atoms with Crippen LogP contribution in [0.2, 0.25) is 0 Å². The van der Waals surface area contributed by atoms with E-state index in [4.69, 9.17) is 0 Å². The van der Waals surface area contributed by atoms with Crippen molar-refractivity contribution in [2.45, 2.75) is 16.3 Å². The van der Waals surface area contributed by atoms with Gasteiger partial charge in [-0.2, -0.15) is 5.26 Å². The Hall–Kier alpha value is -1.28. The highest BCUT2D eigenvalue weighted by atomic mass is 79.9. The van der Waals surface area contributed by atoms with Crippen LogP contribution in [0, 0.1) is 11.3 Å². The van der Waals surface area contributed by atoms with Gasteiger partial charge < -0.3 is 5.32 Å². The molecule has 0 amide bonds. The molecular weight excluding hydrogens is 320 g/mol. The molecule has 0 aliphatic heterocycles. The Bertz CT molecular complexity index is 620. The van der Waals surface area contributed by atoms with Gasteiger partial charge in [0.15, 0.2) is 0 Å². The molecule has 0 bridgehead atoms. The van der Waals surface area contributed by atoms with Crippen LogP contribution in [0.5, 0.6) is 0 Å². The molecule has 0 heterocycles. The zero-order valence-corrected chi connectivity index (χ0v) is 12.9. The van der Waals surface area contributed by atoms with E-state index in [-0.39, 0.29) is 0 Å². The second kappa shape index (κ2) is 6.76. The summed E-state index contributed by atoms with van der Waals surface area (Å²) in [7, 11) is 1.90. The molecule has 2 aromatic carbocycles. The molecule has 2 rings (SSSR count). The third kappa shape index (κ3) is 3.60. The zero-order valence-electron chi connectivity index (χ0n) is 10.5. The Labute approximate surface area is 126 Å². The molecule has 0 saturated carbocycles.